The van der Waals surface area contributed by atoms with Gasteiger partial charge in [0.25, 0.3) is 11.8 Å². The molecule has 0 saturated carbocycles. The summed E-state index contributed by atoms with van der Waals surface area (Å²) in [7, 11) is 0. The maximum absolute atomic E-state index is 12.6. The number of nitrogens with one attached hydrogen (secondary N) is 2. The molecule has 5 nitrogen and oxygen atoms in total. The Morgan fingerprint density at radius 3 is 2.62 bits per heavy atom. The molecule has 0 spiro atoms. The van der Waals surface area contributed by atoms with Gasteiger partial charge in [0.05, 0.1) is 16.0 Å². The number of nitrogens with zero attached hydrogens (tertiary/aromatic N) is 1. The summed E-state index contributed by atoms with van der Waals surface area (Å²) in [5.41, 5.74) is 1.30. The van der Waals surface area contributed by atoms with Crippen LogP contribution in [-0.2, 0) is 0 Å². The summed E-state index contributed by atoms with van der Waals surface area (Å²) in [4.78, 5) is 24.8. The van der Waals surface area contributed by atoms with Gasteiger partial charge in [0.1, 0.15) is 5.69 Å². The van der Waals surface area contributed by atoms with E-state index in [1.807, 2.05) is 31.2 Å². The van der Waals surface area contributed by atoms with Crippen molar-refractivity contribution in [1.29, 1.82) is 0 Å². The van der Waals surface area contributed by atoms with Gasteiger partial charge in [-0.1, -0.05) is 37.3 Å². The monoisotopic (exact) mass is 339 g/mol. The van der Waals surface area contributed by atoms with Crippen molar-refractivity contribution in [2.45, 2.75) is 13.3 Å². The Kier molecular flexibility index (Phi) is 4.86. The van der Waals surface area contributed by atoms with Gasteiger partial charge in [-0.2, -0.15) is 4.37 Å². The van der Waals surface area contributed by atoms with E-state index in [0.717, 1.165) is 16.5 Å². The number of carbonyl (C=O) groups excluding carboxylic acids is 2. The second-order valence-corrected chi connectivity index (χ2v) is 6.09. The van der Waals surface area contributed by atoms with Crippen molar-refractivity contribution < 1.29 is 9.59 Å². The molecule has 3 aromatic rings. The van der Waals surface area contributed by atoms with Gasteiger partial charge in [-0.25, -0.2) is 0 Å². The summed E-state index contributed by atoms with van der Waals surface area (Å²) in [6.45, 7) is 2.58. The van der Waals surface area contributed by atoms with E-state index in [2.05, 4.69) is 15.0 Å². The van der Waals surface area contributed by atoms with Gasteiger partial charge in [0, 0.05) is 11.9 Å². The summed E-state index contributed by atoms with van der Waals surface area (Å²) in [6, 6.07) is 14.5. The number of carbonyl (C=O) groups is 2. The number of benzene rings is 2. The Hall–Kier alpha value is -2.73. The predicted octanol–water partition coefficient (Wildman–Crippen LogP) is 3.69. The number of amides is 2. The lowest BCUT2D eigenvalue weighted by atomic mass is 10.1. The molecule has 3 rings (SSSR count). The van der Waals surface area contributed by atoms with E-state index in [1.165, 1.54) is 11.5 Å². The molecule has 0 aliphatic heterocycles. The average Bonchev–Trinajstić information content (AvgIpc) is 3.04. The number of aromatic nitrogens is 1. The first-order valence-corrected chi connectivity index (χ1v) is 8.51. The SMILES string of the molecule is CCCNC(=O)c1ccccc1NC(=O)c1nsc2ccccc12. The third kappa shape index (κ3) is 3.28. The van der Waals surface area contributed by atoms with Gasteiger partial charge < -0.3 is 10.6 Å². The summed E-state index contributed by atoms with van der Waals surface area (Å²) in [5, 5.41) is 6.44. The largest absolute Gasteiger partial charge is 0.352 e. The molecule has 0 bridgehead atoms. The highest BCUT2D eigenvalue weighted by Gasteiger charge is 2.17. The van der Waals surface area contributed by atoms with E-state index in [0.29, 0.717) is 23.5 Å². The topological polar surface area (TPSA) is 71.1 Å². The van der Waals surface area contributed by atoms with Crippen LogP contribution >= 0.6 is 11.5 Å². The van der Waals surface area contributed by atoms with Gasteiger partial charge in [0.15, 0.2) is 0 Å². The second-order valence-electron chi connectivity index (χ2n) is 5.28. The highest BCUT2D eigenvalue weighted by atomic mass is 32.1. The summed E-state index contributed by atoms with van der Waals surface area (Å²) in [6.07, 6.45) is 0.852. The normalized spacial score (nSPS) is 10.5. The zero-order chi connectivity index (χ0) is 16.9. The summed E-state index contributed by atoms with van der Waals surface area (Å²) in [5.74, 6) is -0.515. The molecule has 0 radical (unpaired) electrons. The number of fused-ring (bicyclic) bond motifs is 1. The van der Waals surface area contributed by atoms with Crippen molar-refractivity contribution in [3.63, 3.8) is 0 Å². The molecule has 2 N–H and O–H groups in total. The first kappa shape index (κ1) is 16.1. The fraction of sp³-hybridized carbons (Fsp3) is 0.167. The number of hydrogen-bond acceptors (Lipinski definition) is 4. The zero-order valence-corrected chi connectivity index (χ0v) is 14.0. The van der Waals surface area contributed by atoms with Crippen molar-refractivity contribution in [3.05, 3.63) is 59.8 Å². The molecule has 6 heteroatoms. The van der Waals surface area contributed by atoms with Crippen molar-refractivity contribution >= 4 is 39.1 Å². The van der Waals surface area contributed by atoms with Crippen molar-refractivity contribution in [3.8, 4) is 0 Å². The van der Waals surface area contributed by atoms with Gasteiger partial charge in [0.2, 0.25) is 0 Å². The van der Waals surface area contributed by atoms with E-state index >= 15 is 0 Å². The Morgan fingerprint density at radius 1 is 1.04 bits per heavy atom. The molecular formula is C18H17N3O2S. The average molecular weight is 339 g/mol. The van der Waals surface area contributed by atoms with E-state index in [1.54, 1.807) is 24.3 Å². The predicted molar refractivity (Wildman–Crippen MR) is 96.6 cm³/mol. The van der Waals surface area contributed by atoms with Gasteiger partial charge in [-0.05, 0) is 36.2 Å². The standard InChI is InChI=1S/C18H17N3O2S/c1-2-11-19-17(22)12-7-3-5-9-14(12)20-18(23)16-13-8-4-6-10-15(13)24-21-16/h3-10H,2,11H2,1H3,(H,19,22)(H,20,23). The van der Waals surface area contributed by atoms with Crippen molar-refractivity contribution in [1.82, 2.24) is 9.69 Å². The lowest BCUT2D eigenvalue weighted by Crippen LogP contribution is -2.25. The molecular weight excluding hydrogens is 322 g/mol. The van der Waals surface area contributed by atoms with E-state index in [-0.39, 0.29) is 11.8 Å². The summed E-state index contributed by atoms with van der Waals surface area (Å²) < 4.78 is 5.20. The molecule has 0 saturated heterocycles. The van der Waals surface area contributed by atoms with Crippen LogP contribution in [0.15, 0.2) is 48.5 Å². The molecule has 2 aromatic carbocycles. The van der Waals surface area contributed by atoms with Crippen LogP contribution < -0.4 is 10.6 Å². The van der Waals surface area contributed by atoms with Crippen LogP contribution in [0.5, 0.6) is 0 Å². The molecule has 0 aliphatic rings. The first-order chi connectivity index (χ1) is 11.7. The minimum Gasteiger partial charge on any atom is -0.352 e. The highest BCUT2D eigenvalue weighted by molar-refractivity contribution is 7.13. The van der Waals surface area contributed by atoms with E-state index < -0.39 is 0 Å². The number of hydrogen-bond donors (Lipinski definition) is 2. The number of anilines is 1. The van der Waals surface area contributed by atoms with Crippen LogP contribution in [0.3, 0.4) is 0 Å². The minimum absolute atomic E-state index is 0.198. The zero-order valence-electron chi connectivity index (χ0n) is 13.2. The molecule has 1 heterocycles. The summed E-state index contributed by atoms with van der Waals surface area (Å²) >= 11 is 1.28. The van der Waals surface area contributed by atoms with Crippen LogP contribution in [0, 0.1) is 0 Å². The minimum atomic E-state index is -0.316. The lowest BCUT2D eigenvalue weighted by molar-refractivity contribution is 0.0954. The Morgan fingerprint density at radius 2 is 1.79 bits per heavy atom. The molecule has 122 valence electrons. The quantitative estimate of drug-likeness (QED) is 0.745. The first-order valence-electron chi connectivity index (χ1n) is 7.73. The maximum atomic E-state index is 12.6. The molecule has 2 amide bonds. The fourth-order valence-corrected chi connectivity index (χ4v) is 3.13. The highest BCUT2D eigenvalue weighted by Crippen LogP contribution is 2.24. The van der Waals surface area contributed by atoms with Gasteiger partial charge in [-0.15, -0.1) is 0 Å². The van der Waals surface area contributed by atoms with Crippen LogP contribution in [0.25, 0.3) is 10.1 Å². The van der Waals surface area contributed by atoms with Gasteiger partial charge in [-0.3, -0.25) is 9.59 Å². The lowest BCUT2D eigenvalue weighted by Gasteiger charge is -2.10. The van der Waals surface area contributed by atoms with Gasteiger partial charge >= 0.3 is 0 Å². The molecule has 1 aromatic heterocycles. The Balaban J connectivity index is 1.86. The molecule has 0 aliphatic carbocycles. The van der Waals surface area contributed by atoms with Crippen LogP contribution in [0.1, 0.15) is 34.2 Å². The van der Waals surface area contributed by atoms with Crippen LogP contribution in [0.2, 0.25) is 0 Å². The molecule has 0 atom stereocenters. The Labute approximate surface area is 143 Å². The fourth-order valence-electron chi connectivity index (χ4n) is 2.36. The number of para-hydroxylation sites is 1. The van der Waals surface area contributed by atoms with Crippen LogP contribution in [0.4, 0.5) is 5.69 Å². The third-order valence-corrected chi connectivity index (χ3v) is 4.37. The smallest absolute Gasteiger partial charge is 0.276 e. The van der Waals surface area contributed by atoms with Crippen LogP contribution in [-0.4, -0.2) is 22.7 Å². The second kappa shape index (κ2) is 7.23. The Bertz CT molecular complexity index is 889. The van der Waals surface area contributed by atoms with Crippen molar-refractivity contribution in [2.75, 3.05) is 11.9 Å². The van der Waals surface area contributed by atoms with E-state index in [4.69, 9.17) is 0 Å². The van der Waals surface area contributed by atoms with Crippen molar-refractivity contribution in [2.24, 2.45) is 0 Å². The maximum Gasteiger partial charge on any atom is 0.276 e. The molecule has 0 fully saturated rings. The molecule has 24 heavy (non-hydrogen) atoms. The van der Waals surface area contributed by atoms with E-state index in [9.17, 15) is 9.59 Å². The molecule has 0 unspecified atom stereocenters. The number of rotatable bonds is 5. The third-order valence-electron chi connectivity index (χ3n) is 3.55.